The molecule has 7 nitrogen and oxygen atoms in total. The summed E-state index contributed by atoms with van der Waals surface area (Å²) in [5.41, 5.74) is 0. The highest BCUT2D eigenvalue weighted by molar-refractivity contribution is 5.75. The van der Waals surface area contributed by atoms with E-state index in [9.17, 15) is 4.79 Å². The molecule has 2 N–H and O–H groups in total. The fourth-order valence-electron chi connectivity index (χ4n) is 1.08. The number of aliphatic hydroxyl groups is 1. The first-order chi connectivity index (χ1) is 7.13. The highest BCUT2D eigenvalue weighted by Crippen LogP contribution is 1.99. The van der Waals surface area contributed by atoms with Crippen LogP contribution in [0, 0.1) is 5.92 Å². The van der Waals surface area contributed by atoms with Crippen LogP contribution in [0.5, 0.6) is 0 Å². The van der Waals surface area contributed by atoms with Crippen LogP contribution in [0.4, 0.5) is 0 Å². The van der Waals surface area contributed by atoms with Crippen molar-refractivity contribution in [2.75, 3.05) is 6.61 Å². The molecule has 1 rings (SSSR count). The Morgan fingerprint density at radius 1 is 1.60 bits per heavy atom. The number of aromatic nitrogens is 4. The number of rotatable bonds is 5. The third-order valence-electron chi connectivity index (χ3n) is 2.04. The van der Waals surface area contributed by atoms with Crippen molar-refractivity contribution in [3.05, 3.63) is 6.33 Å². The monoisotopic (exact) mass is 213 g/mol. The number of amides is 1. The lowest BCUT2D eigenvalue weighted by atomic mass is 10.1. The number of hydrogen-bond acceptors (Lipinski definition) is 5. The van der Waals surface area contributed by atoms with Crippen molar-refractivity contribution in [3.8, 4) is 0 Å². The fourth-order valence-corrected chi connectivity index (χ4v) is 1.08. The molecule has 1 atom stereocenters. The van der Waals surface area contributed by atoms with Gasteiger partial charge in [-0.1, -0.05) is 13.8 Å². The number of carbonyl (C=O) groups is 1. The average Bonchev–Trinajstić information content (AvgIpc) is 2.66. The summed E-state index contributed by atoms with van der Waals surface area (Å²) < 4.78 is 1.32. The molecule has 1 amide bonds. The third kappa shape index (κ3) is 3.62. The predicted octanol–water partition coefficient (Wildman–Crippen LogP) is -1.19. The Morgan fingerprint density at radius 3 is 2.80 bits per heavy atom. The van der Waals surface area contributed by atoms with Crippen LogP contribution in [0.3, 0.4) is 0 Å². The number of carbonyl (C=O) groups excluding carboxylic acids is 1. The molecule has 84 valence electrons. The lowest BCUT2D eigenvalue weighted by Crippen LogP contribution is -2.42. The number of hydrogen-bond donors (Lipinski definition) is 2. The molecule has 1 aromatic rings. The van der Waals surface area contributed by atoms with E-state index < -0.39 is 0 Å². The van der Waals surface area contributed by atoms with E-state index >= 15 is 0 Å². The molecule has 0 fully saturated rings. The lowest BCUT2D eigenvalue weighted by molar-refractivity contribution is -0.123. The van der Waals surface area contributed by atoms with Gasteiger partial charge in [0.25, 0.3) is 0 Å². The van der Waals surface area contributed by atoms with Crippen molar-refractivity contribution in [2.24, 2.45) is 5.92 Å². The number of nitrogens with zero attached hydrogens (tertiary/aromatic N) is 4. The van der Waals surface area contributed by atoms with Gasteiger partial charge in [-0.3, -0.25) is 4.79 Å². The Kier molecular flexibility index (Phi) is 4.17. The second-order valence-corrected chi connectivity index (χ2v) is 3.61. The molecule has 0 aliphatic rings. The maximum atomic E-state index is 11.4. The van der Waals surface area contributed by atoms with E-state index in [1.54, 1.807) is 0 Å². The molecule has 0 aliphatic heterocycles. The fraction of sp³-hybridized carbons (Fsp3) is 0.750. The normalized spacial score (nSPS) is 12.8. The standard InChI is InChI=1S/C8H15N5O2/c1-6(2)7(4-14)10-8(15)3-13-5-9-11-12-13/h5-7,14H,3-4H2,1-2H3,(H,10,15). The number of aliphatic hydroxyl groups excluding tert-OH is 1. The average molecular weight is 213 g/mol. The topological polar surface area (TPSA) is 92.9 Å². The van der Waals surface area contributed by atoms with E-state index in [0.717, 1.165) is 0 Å². The predicted molar refractivity (Wildman–Crippen MR) is 51.7 cm³/mol. The molecular formula is C8H15N5O2. The van der Waals surface area contributed by atoms with Crippen LogP contribution in [0.2, 0.25) is 0 Å². The number of tetrazole rings is 1. The summed E-state index contributed by atoms with van der Waals surface area (Å²) in [5, 5.41) is 22.1. The molecule has 0 bridgehead atoms. The van der Waals surface area contributed by atoms with E-state index in [0.29, 0.717) is 0 Å². The summed E-state index contributed by atoms with van der Waals surface area (Å²) in [6, 6.07) is -0.228. The van der Waals surface area contributed by atoms with Gasteiger partial charge in [0.05, 0.1) is 12.6 Å². The molecule has 1 heterocycles. The molecule has 7 heteroatoms. The first-order valence-corrected chi connectivity index (χ1v) is 4.74. The summed E-state index contributed by atoms with van der Waals surface area (Å²) in [7, 11) is 0. The van der Waals surface area contributed by atoms with E-state index in [-0.39, 0.29) is 31.0 Å². The molecule has 0 saturated carbocycles. The van der Waals surface area contributed by atoms with E-state index in [4.69, 9.17) is 5.11 Å². The quantitative estimate of drug-likeness (QED) is 0.641. The van der Waals surface area contributed by atoms with Crippen LogP contribution in [0.15, 0.2) is 6.33 Å². The molecule has 0 spiro atoms. The van der Waals surface area contributed by atoms with Gasteiger partial charge in [0.1, 0.15) is 12.9 Å². The van der Waals surface area contributed by atoms with E-state index in [1.165, 1.54) is 11.0 Å². The van der Waals surface area contributed by atoms with Crippen molar-refractivity contribution < 1.29 is 9.90 Å². The minimum Gasteiger partial charge on any atom is -0.394 e. The lowest BCUT2D eigenvalue weighted by Gasteiger charge is -2.19. The van der Waals surface area contributed by atoms with Gasteiger partial charge in [0.2, 0.25) is 5.91 Å². The van der Waals surface area contributed by atoms with Crippen molar-refractivity contribution in [2.45, 2.75) is 26.4 Å². The second kappa shape index (κ2) is 5.40. The number of nitrogens with one attached hydrogen (secondary N) is 1. The second-order valence-electron chi connectivity index (χ2n) is 3.61. The Labute approximate surface area is 87.5 Å². The molecular weight excluding hydrogens is 198 g/mol. The van der Waals surface area contributed by atoms with Crippen LogP contribution in [-0.4, -0.2) is 43.9 Å². The highest BCUT2D eigenvalue weighted by atomic mass is 16.3. The zero-order valence-corrected chi connectivity index (χ0v) is 8.79. The maximum Gasteiger partial charge on any atom is 0.242 e. The van der Waals surface area contributed by atoms with Gasteiger partial charge in [-0.25, -0.2) is 4.68 Å². The van der Waals surface area contributed by atoms with Gasteiger partial charge in [-0.2, -0.15) is 0 Å². The van der Waals surface area contributed by atoms with Crippen molar-refractivity contribution in [3.63, 3.8) is 0 Å². The van der Waals surface area contributed by atoms with Gasteiger partial charge in [0, 0.05) is 0 Å². The smallest absolute Gasteiger partial charge is 0.242 e. The minimum absolute atomic E-state index is 0.0657. The molecule has 1 aromatic heterocycles. The zero-order valence-electron chi connectivity index (χ0n) is 8.79. The Bertz CT molecular complexity index is 298. The van der Waals surface area contributed by atoms with E-state index in [1.807, 2.05) is 13.8 Å². The Hall–Kier alpha value is -1.50. The van der Waals surface area contributed by atoms with Crippen LogP contribution >= 0.6 is 0 Å². The van der Waals surface area contributed by atoms with Crippen LogP contribution in [0.1, 0.15) is 13.8 Å². The molecule has 0 saturated heterocycles. The first-order valence-electron chi connectivity index (χ1n) is 4.74. The van der Waals surface area contributed by atoms with Crippen molar-refractivity contribution >= 4 is 5.91 Å². The summed E-state index contributed by atoms with van der Waals surface area (Å²) in [6.07, 6.45) is 1.36. The minimum atomic E-state index is -0.228. The molecule has 0 aliphatic carbocycles. The summed E-state index contributed by atoms with van der Waals surface area (Å²) in [4.78, 5) is 11.4. The molecule has 0 radical (unpaired) electrons. The summed E-state index contributed by atoms with van der Waals surface area (Å²) >= 11 is 0. The zero-order chi connectivity index (χ0) is 11.3. The van der Waals surface area contributed by atoms with Crippen molar-refractivity contribution in [1.29, 1.82) is 0 Å². The van der Waals surface area contributed by atoms with Crippen LogP contribution < -0.4 is 5.32 Å². The maximum absolute atomic E-state index is 11.4. The van der Waals surface area contributed by atoms with Gasteiger partial charge in [-0.05, 0) is 16.3 Å². The first kappa shape index (κ1) is 11.6. The Morgan fingerprint density at radius 2 is 2.33 bits per heavy atom. The Balaban J connectivity index is 2.41. The van der Waals surface area contributed by atoms with Crippen molar-refractivity contribution in [1.82, 2.24) is 25.5 Å². The summed E-state index contributed by atoms with van der Waals surface area (Å²) in [5.74, 6) is -0.0251. The highest BCUT2D eigenvalue weighted by Gasteiger charge is 2.15. The van der Waals surface area contributed by atoms with Gasteiger partial charge >= 0.3 is 0 Å². The van der Waals surface area contributed by atoms with E-state index in [2.05, 4.69) is 20.8 Å². The third-order valence-corrected chi connectivity index (χ3v) is 2.04. The van der Waals surface area contributed by atoms with Crippen LogP contribution in [-0.2, 0) is 11.3 Å². The largest absolute Gasteiger partial charge is 0.394 e. The van der Waals surface area contributed by atoms with Gasteiger partial charge in [-0.15, -0.1) is 5.10 Å². The van der Waals surface area contributed by atoms with Crippen LogP contribution in [0.25, 0.3) is 0 Å². The molecule has 1 unspecified atom stereocenters. The SMILES string of the molecule is CC(C)C(CO)NC(=O)Cn1cnnn1. The van der Waals surface area contributed by atoms with Gasteiger partial charge < -0.3 is 10.4 Å². The molecule has 0 aromatic carbocycles. The molecule has 15 heavy (non-hydrogen) atoms. The van der Waals surface area contributed by atoms with Gasteiger partial charge in [0.15, 0.2) is 0 Å². The summed E-state index contributed by atoms with van der Waals surface area (Å²) in [6.45, 7) is 3.85.